The molecule has 2 heterocycles. The number of nitrogens with zero attached hydrogens (tertiary/aromatic N) is 2. The van der Waals surface area contributed by atoms with Crippen LogP contribution < -0.4 is 19.4 Å². The number of benzene rings is 3. The molecule has 192 valence electrons. The first-order valence-electron chi connectivity index (χ1n) is 12.8. The fraction of sp³-hybridized carbons (Fsp3) is 0.333. The molecule has 2 aliphatic rings. The summed E-state index contributed by atoms with van der Waals surface area (Å²) in [5, 5.41) is 1.70. The maximum absolute atomic E-state index is 14.0. The van der Waals surface area contributed by atoms with Gasteiger partial charge in [-0.15, -0.1) is 0 Å². The first-order chi connectivity index (χ1) is 17.9. The van der Waals surface area contributed by atoms with Crippen molar-refractivity contribution in [3.63, 3.8) is 0 Å². The molecule has 2 amide bonds. The Morgan fingerprint density at radius 1 is 0.865 bits per heavy atom. The molecule has 0 spiro atoms. The van der Waals surface area contributed by atoms with Crippen LogP contribution in [0.15, 0.2) is 66.7 Å². The highest BCUT2D eigenvalue weighted by atomic mass is 16.7. The van der Waals surface area contributed by atoms with Gasteiger partial charge in [0.1, 0.15) is 5.92 Å². The number of hydrogen-bond acceptors (Lipinski definition) is 6. The van der Waals surface area contributed by atoms with Gasteiger partial charge in [-0.2, -0.15) is 0 Å². The zero-order valence-corrected chi connectivity index (χ0v) is 21.6. The highest BCUT2D eigenvalue weighted by Crippen LogP contribution is 2.49. The number of hydroxylamine groups is 1. The van der Waals surface area contributed by atoms with Gasteiger partial charge in [0.05, 0.1) is 30.6 Å². The number of para-hydroxylation sites is 1. The highest BCUT2D eigenvalue weighted by Gasteiger charge is 2.60. The molecule has 0 radical (unpaired) electrons. The Morgan fingerprint density at radius 2 is 1.65 bits per heavy atom. The Kier molecular flexibility index (Phi) is 6.89. The van der Waals surface area contributed by atoms with E-state index in [2.05, 4.69) is 0 Å². The average molecular weight is 501 g/mol. The molecule has 0 aliphatic carbocycles. The number of ether oxygens (including phenoxy) is 2. The van der Waals surface area contributed by atoms with Crippen LogP contribution in [0.1, 0.15) is 43.0 Å². The van der Waals surface area contributed by atoms with E-state index in [1.165, 1.54) is 4.90 Å². The van der Waals surface area contributed by atoms with Gasteiger partial charge in [-0.25, -0.2) is 9.96 Å². The fourth-order valence-electron chi connectivity index (χ4n) is 5.15. The van der Waals surface area contributed by atoms with Crippen LogP contribution in [0.2, 0.25) is 0 Å². The normalized spacial score (nSPS) is 20.9. The maximum atomic E-state index is 14.0. The third-order valence-corrected chi connectivity index (χ3v) is 6.79. The lowest BCUT2D eigenvalue weighted by molar-refractivity contribution is -0.126. The lowest BCUT2D eigenvalue weighted by Crippen LogP contribution is -2.37. The smallest absolute Gasteiger partial charge is 0.266 e. The molecule has 0 unspecified atom stereocenters. The second kappa shape index (κ2) is 10.3. The summed E-state index contributed by atoms with van der Waals surface area (Å²) < 4.78 is 11.8. The number of aryl methyl sites for hydroxylation is 2. The van der Waals surface area contributed by atoms with Crippen molar-refractivity contribution >= 4 is 23.2 Å². The van der Waals surface area contributed by atoms with Crippen LogP contribution in [0.25, 0.3) is 0 Å². The van der Waals surface area contributed by atoms with Crippen LogP contribution in [-0.2, 0) is 14.4 Å². The minimum absolute atomic E-state index is 0.269. The van der Waals surface area contributed by atoms with Crippen molar-refractivity contribution in [3.8, 4) is 11.5 Å². The van der Waals surface area contributed by atoms with Gasteiger partial charge in [0.25, 0.3) is 5.91 Å². The van der Waals surface area contributed by atoms with Crippen LogP contribution in [0, 0.1) is 19.8 Å². The molecule has 3 atom stereocenters. The molecule has 3 aromatic carbocycles. The summed E-state index contributed by atoms with van der Waals surface area (Å²) in [5.74, 6) is -0.0777. The number of carbonyl (C=O) groups is 2. The zero-order chi connectivity index (χ0) is 26.1. The molecule has 7 heteroatoms. The quantitative estimate of drug-likeness (QED) is 0.378. The Hall–Kier alpha value is -3.84. The summed E-state index contributed by atoms with van der Waals surface area (Å²) in [6.07, 6.45) is -0.0508. The van der Waals surface area contributed by atoms with Crippen molar-refractivity contribution < 1.29 is 23.9 Å². The molecule has 37 heavy (non-hydrogen) atoms. The van der Waals surface area contributed by atoms with Gasteiger partial charge in [-0.3, -0.25) is 14.4 Å². The predicted molar refractivity (Wildman–Crippen MR) is 142 cm³/mol. The number of fused-ring (bicyclic) bond motifs is 1. The molecule has 7 nitrogen and oxygen atoms in total. The van der Waals surface area contributed by atoms with Crippen molar-refractivity contribution in [1.82, 2.24) is 0 Å². The highest BCUT2D eigenvalue weighted by molar-refractivity contribution is 6.24. The SMILES string of the molecule is CCCOc1ccc([C@H]2[C@H]3C(=O)N(c4ccc(C)cc4C)C(=O)[C@@H]3ON2c2ccccc2)cc1OCC. The van der Waals surface area contributed by atoms with Gasteiger partial charge in [-0.05, 0) is 68.7 Å². The number of rotatable bonds is 8. The van der Waals surface area contributed by atoms with Gasteiger partial charge in [-0.1, -0.05) is 48.9 Å². The predicted octanol–water partition coefficient (Wildman–Crippen LogP) is 5.54. The summed E-state index contributed by atoms with van der Waals surface area (Å²) >= 11 is 0. The zero-order valence-electron chi connectivity index (χ0n) is 21.6. The third kappa shape index (κ3) is 4.44. The van der Waals surface area contributed by atoms with E-state index in [1.807, 2.05) is 94.4 Å². The summed E-state index contributed by atoms with van der Waals surface area (Å²) in [5.41, 5.74) is 4.12. The van der Waals surface area contributed by atoms with Gasteiger partial charge >= 0.3 is 0 Å². The standard InChI is InChI=1S/C30H32N2O5/c1-5-16-36-24-15-13-21(18-25(24)35-6-2)27-26-28(37-32(27)22-10-8-7-9-11-22)30(34)31(29(26)33)23-14-12-19(3)17-20(23)4/h7-15,17-18,26-28H,5-6,16H2,1-4H3/t26-,27+,28-/m1/s1. The Morgan fingerprint density at radius 3 is 2.35 bits per heavy atom. The summed E-state index contributed by atoms with van der Waals surface area (Å²) in [6.45, 7) is 8.91. The fourth-order valence-corrected chi connectivity index (χ4v) is 5.15. The van der Waals surface area contributed by atoms with Gasteiger partial charge in [0.2, 0.25) is 5.91 Å². The van der Waals surface area contributed by atoms with Crippen LogP contribution in [-0.4, -0.2) is 31.1 Å². The van der Waals surface area contributed by atoms with E-state index >= 15 is 0 Å². The molecule has 2 fully saturated rings. The number of hydrogen-bond donors (Lipinski definition) is 0. The molecule has 0 saturated carbocycles. The van der Waals surface area contributed by atoms with E-state index in [0.29, 0.717) is 30.4 Å². The van der Waals surface area contributed by atoms with Crippen molar-refractivity contribution in [2.45, 2.75) is 46.3 Å². The van der Waals surface area contributed by atoms with E-state index in [0.717, 1.165) is 28.8 Å². The largest absolute Gasteiger partial charge is 0.490 e. The van der Waals surface area contributed by atoms with Gasteiger partial charge < -0.3 is 9.47 Å². The lowest BCUT2D eigenvalue weighted by atomic mass is 9.90. The summed E-state index contributed by atoms with van der Waals surface area (Å²) in [4.78, 5) is 35.2. The van der Waals surface area contributed by atoms with Crippen LogP contribution >= 0.6 is 0 Å². The van der Waals surface area contributed by atoms with E-state index in [1.54, 1.807) is 5.06 Å². The monoisotopic (exact) mass is 500 g/mol. The molecular weight excluding hydrogens is 468 g/mol. The number of amides is 2. The van der Waals surface area contributed by atoms with Crippen molar-refractivity contribution in [2.75, 3.05) is 23.2 Å². The van der Waals surface area contributed by atoms with Crippen LogP contribution in [0.3, 0.4) is 0 Å². The second-order valence-corrected chi connectivity index (χ2v) is 9.45. The van der Waals surface area contributed by atoms with Gasteiger partial charge in [0.15, 0.2) is 17.6 Å². The van der Waals surface area contributed by atoms with E-state index in [9.17, 15) is 9.59 Å². The second-order valence-electron chi connectivity index (χ2n) is 9.45. The van der Waals surface area contributed by atoms with Crippen molar-refractivity contribution in [2.24, 2.45) is 5.92 Å². The first-order valence-corrected chi connectivity index (χ1v) is 12.8. The minimum atomic E-state index is -0.926. The summed E-state index contributed by atoms with van der Waals surface area (Å²) in [6, 6.07) is 20.4. The van der Waals surface area contributed by atoms with Crippen molar-refractivity contribution in [3.05, 3.63) is 83.4 Å². The molecule has 2 aliphatic heterocycles. The number of anilines is 2. The maximum Gasteiger partial charge on any atom is 0.266 e. The molecule has 0 aromatic heterocycles. The summed E-state index contributed by atoms with van der Waals surface area (Å²) in [7, 11) is 0. The molecular formula is C30H32N2O5. The number of carbonyl (C=O) groups excluding carboxylic acids is 2. The minimum Gasteiger partial charge on any atom is -0.490 e. The Bertz CT molecular complexity index is 1310. The molecule has 0 N–H and O–H groups in total. The molecule has 3 aromatic rings. The van der Waals surface area contributed by atoms with E-state index in [-0.39, 0.29) is 11.8 Å². The van der Waals surface area contributed by atoms with E-state index in [4.69, 9.17) is 14.3 Å². The molecule has 0 bridgehead atoms. The Balaban J connectivity index is 1.58. The Labute approximate surface area is 217 Å². The van der Waals surface area contributed by atoms with Crippen LogP contribution in [0.5, 0.6) is 11.5 Å². The van der Waals surface area contributed by atoms with Gasteiger partial charge in [0, 0.05) is 0 Å². The average Bonchev–Trinajstić information content (AvgIpc) is 3.40. The topological polar surface area (TPSA) is 68.3 Å². The third-order valence-electron chi connectivity index (χ3n) is 6.79. The number of imide groups is 1. The molecule has 2 saturated heterocycles. The van der Waals surface area contributed by atoms with Crippen molar-refractivity contribution in [1.29, 1.82) is 0 Å². The lowest BCUT2D eigenvalue weighted by Gasteiger charge is -2.29. The van der Waals surface area contributed by atoms with Crippen LogP contribution in [0.4, 0.5) is 11.4 Å². The molecule has 5 rings (SSSR count). The first kappa shape index (κ1) is 24.8. The van der Waals surface area contributed by atoms with E-state index < -0.39 is 18.1 Å².